The first-order valence-corrected chi connectivity index (χ1v) is 12.9. The molecule has 176 valence electrons. The minimum atomic E-state index is -0.494. The number of carbonyl (C=O) groups is 1. The van der Waals surface area contributed by atoms with Gasteiger partial charge in [-0.2, -0.15) is 0 Å². The van der Waals surface area contributed by atoms with Gasteiger partial charge in [-0.05, 0) is 30.5 Å². The fraction of sp³-hybridized carbons (Fsp3) is 0.400. The number of para-hydroxylation sites is 1. The van der Waals surface area contributed by atoms with Gasteiger partial charge in [0.25, 0.3) is 0 Å². The second-order valence-corrected chi connectivity index (χ2v) is 9.68. The lowest BCUT2D eigenvalue weighted by Crippen LogP contribution is -2.35. The molecule has 1 N–H and O–H groups in total. The average molecular weight is 456 g/mol. The van der Waals surface area contributed by atoms with Gasteiger partial charge in [0, 0.05) is 47.3 Å². The average Bonchev–Trinajstić information content (AvgIpc) is 3.39. The molecule has 2 unspecified atom stereocenters. The van der Waals surface area contributed by atoms with Crippen molar-refractivity contribution in [3.05, 3.63) is 71.1 Å². The van der Waals surface area contributed by atoms with Crippen LogP contribution in [0, 0.1) is 5.92 Å². The molecule has 2 aliphatic rings. The number of Topliss-reactive ketones (excluding diaryl/α,β-unsaturated/α-hetero) is 1. The quantitative estimate of drug-likeness (QED) is 0.361. The number of nitrogens with zero attached hydrogens (tertiary/aromatic N) is 2. The zero-order valence-electron chi connectivity index (χ0n) is 20.6. The predicted octanol–water partition coefficient (Wildman–Crippen LogP) is 6.78. The molecule has 3 aromatic rings. The first-order valence-electron chi connectivity index (χ1n) is 12.9. The lowest BCUT2D eigenvalue weighted by atomic mass is 9.70. The van der Waals surface area contributed by atoms with Gasteiger partial charge in [-0.3, -0.25) is 4.79 Å². The Kier molecular flexibility index (Phi) is 6.16. The van der Waals surface area contributed by atoms with Gasteiger partial charge in [0.1, 0.15) is 12.3 Å². The fourth-order valence-electron chi connectivity index (χ4n) is 5.54. The Morgan fingerprint density at radius 2 is 1.82 bits per heavy atom. The normalized spacial score (nSPS) is 19.5. The second-order valence-electron chi connectivity index (χ2n) is 9.68. The van der Waals surface area contributed by atoms with Gasteiger partial charge in [0.15, 0.2) is 12.0 Å². The number of aromatic nitrogens is 1. The fourth-order valence-corrected chi connectivity index (χ4v) is 5.54. The maximum absolute atomic E-state index is 13.6. The van der Waals surface area contributed by atoms with E-state index in [-0.39, 0.29) is 17.5 Å². The van der Waals surface area contributed by atoms with E-state index >= 15 is 0 Å². The third kappa shape index (κ3) is 3.60. The molecule has 2 aromatic carbocycles. The topological polar surface area (TPSA) is 45.2 Å². The minimum absolute atomic E-state index is 0.0577. The first kappa shape index (κ1) is 22.6. The molecule has 34 heavy (non-hydrogen) atoms. The van der Waals surface area contributed by atoms with Crippen LogP contribution in [-0.4, -0.2) is 32.8 Å². The molecule has 1 aliphatic heterocycles. The van der Waals surface area contributed by atoms with Crippen molar-refractivity contribution >= 4 is 34.2 Å². The van der Waals surface area contributed by atoms with Gasteiger partial charge in [-0.25, -0.2) is 4.58 Å². The van der Waals surface area contributed by atoms with Crippen LogP contribution in [0.25, 0.3) is 16.5 Å². The van der Waals surface area contributed by atoms with Gasteiger partial charge >= 0.3 is 0 Å². The van der Waals surface area contributed by atoms with Gasteiger partial charge in [-0.1, -0.05) is 57.9 Å². The van der Waals surface area contributed by atoms with E-state index in [1.165, 1.54) is 11.3 Å². The van der Waals surface area contributed by atoms with Crippen LogP contribution in [0.2, 0.25) is 0 Å². The summed E-state index contributed by atoms with van der Waals surface area (Å²) in [5, 5.41) is 12.4. The Morgan fingerprint density at radius 1 is 1.03 bits per heavy atom. The molecule has 0 saturated heterocycles. The van der Waals surface area contributed by atoms with E-state index in [4.69, 9.17) is 0 Å². The number of aliphatic hydroxyl groups is 1. The number of aryl methyl sites for hydroxylation is 2. The standard InChI is InChI=1S/C30H34N2O2/c1-4-7-15-31-18-23(21-11-9-10-12-25(21)31)27-29(33)28(30(27)34)24-19-32(16-8-5-2)26-14-13-20(6-3)17-22(24)26/h9-14,17-19,23,27H,4-8,15-16H2,1-3H3/p+1. The van der Waals surface area contributed by atoms with E-state index in [0.717, 1.165) is 67.2 Å². The van der Waals surface area contributed by atoms with Crippen molar-refractivity contribution in [2.24, 2.45) is 5.92 Å². The molecular formula is C30H35N2O2+. The summed E-state index contributed by atoms with van der Waals surface area (Å²) in [7, 11) is 0. The predicted molar refractivity (Wildman–Crippen MR) is 139 cm³/mol. The van der Waals surface area contributed by atoms with Crippen LogP contribution in [-0.2, 0) is 17.8 Å². The van der Waals surface area contributed by atoms with Crippen molar-refractivity contribution in [3.8, 4) is 0 Å². The van der Waals surface area contributed by atoms with E-state index in [2.05, 4.69) is 72.7 Å². The number of unbranched alkanes of at least 4 members (excludes halogenated alkanes) is 2. The zero-order chi connectivity index (χ0) is 23.8. The van der Waals surface area contributed by atoms with Gasteiger partial charge in [0.2, 0.25) is 5.69 Å². The smallest absolute Gasteiger partial charge is 0.209 e. The monoisotopic (exact) mass is 455 g/mol. The zero-order valence-corrected chi connectivity index (χ0v) is 20.6. The van der Waals surface area contributed by atoms with Crippen LogP contribution in [0.4, 0.5) is 5.69 Å². The summed E-state index contributed by atoms with van der Waals surface area (Å²) < 4.78 is 4.52. The Labute approximate surface area is 202 Å². The summed E-state index contributed by atoms with van der Waals surface area (Å²) >= 11 is 0. The third-order valence-electron chi connectivity index (χ3n) is 7.51. The highest BCUT2D eigenvalue weighted by Crippen LogP contribution is 2.48. The number of benzene rings is 2. The molecular weight excluding hydrogens is 420 g/mol. The van der Waals surface area contributed by atoms with Crippen LogP contribution in [0.15, 0.2) is 54.4 Å². The minimum Gasteiger partial charge on any atom is -0.511 e. The Bertz CT molecular complexity index is 1310. The molecule has 0 spiro atoms. The third-order valence-corrected chi connectivity index (χ3v) is 7.51. The number of rotatable bonds is 9. The number of ketones is 1. The first-order chi connectivity index (χ1) is 16.6. The van der Waals surface area contributed by atoms with Gasteiger partial charge < -0.3 is 9.67 Å². The second kappa shape index (κ2) is 9.25. The molecule has 4 heteroatoms. The van der Waals surface area contributed by atoms with E-state index in [1.807, 2.05) is 12.1 Å². The highest BCUT2D eigenvalue weighted by molar-refractivity contribution is 6.32. The molecule has 0 amide bonds. The Morgan fingerprint density at radius 3 is 2.56 bits per heavy atom. The summed E-state index contributed by atoms with van der Waals surface area (Å²) in [4.78, 5) is 13.6. The Hall–Kier alpha value is -3.14. The number of fused-ring (bicyclic) bond motifs is 2. The summed E-state index contributed by atoms with van der Waals surface area (Å²) in [6.07, 6.45) is 9.61. The maximum atomic E-state index is 13.6. The van der Waals surface area contributed by atoms with Crippen molar-refractivity contribution in [2.45, 2.75) is 65.3 Å². The maximum Gasteiger partial charge on any atom is 0.209 e. The number of carbonyl (C=O) groups excluding carboxylic acids is 1. The molecule has 0 saturated carbocycles. The molecule has 1 aromatic heterocycles. The van der Waals surface area contributed by atoms with E-state index in [0.29, 0.717) is 5.57 Å². The number of allylic oxidation sites excluding steroid dienone is 2. The largest absolute Gasteiger partial charge is 0.511 e. The van der Waals surface area contributed by atoms with Crippen LogP contribution in [0.3, 0.4) is 0 Å². The molecule has 0 fully saturated rings. The number of hydrogen-bond donors (Lipinski definition) is 1. The number of aliphatic hydroxyl groups excluding tert-OH is 1. The molecule has 4 nitrogen and oxygen atoms in total. The highest BCUT2D eigenvalue weighted by atomic mass is 16.3. The van der Waals surface area contributed by atoms with Crippen molar-refractivity contribution in [1.82, 2.24) is 4.57 Å². The van der Waals surface area contributed by atoms with E-state index in [9.17, 15) is 9.90 Å². The highest BCUT2D eigenvalue weighted by Gasteiger charge is 2.50. The molecule has 2 heterocycles. The SMILES string of the molecule is CCCCn1cc(C2=C(O)C(C3C=[N+](CCCC)c4ccccc43)C2=O)c2cc(CC)ccc21. The van der Waals surface area contributed by atoms with E-state index in [1.54, 1.807) is 0 Å². The lowest BCUT2D eigenvalue weighted by Gasteiger charge is -2.30. The van der Waals surface area contributed by atoms with E-state index < -0.39 is 5.92 Å². The van der Waals surface area contributed by atoms with Crippen LogP contribution in [0.1, 0.15) is 69.1 Å². The van der Waals surface area contributed by atoms with Crippen molar-refractivity contribution in [2.75, 3.05) is 6.54 Å². The van der Waals surface area contributed by atoms with Crippen molar-refractivity contribution in [1.29, 1.82) is 0 Å². The summed E-state index contributed by atoms with van der Waals surface area (Å²) in [5.74, 6) is -0.299. The Balaban J connectivity index is 1.56. The van der Waals surface area contributed by atoms with Crippen molar-refractivity contribution < 1.29 is 14.5 Å². The summed E-state index contributed by atoms with van der Waals surface area (Å²) in [6, 6.07) is 14.8. The van der Waals surface area contributed by atoms with Crippen LogP contribution >= 0.6 is 0 Å². The van der Waals surface area contributed by atoms with Gasteiger partial charge in [-0.15, -0.1) is 0 Å². The molecule has 0 radical (unpaired) electrons. The number of hydrogen-bond acceptors (Lipinski definition) is 2. The van der Waals surface area contributed by atoms with Crippen molar-refractivity contribution in [3.63, 3.8) is 0 Å². The molecule has 1 aliphatic carbocycles. The van der Waals surface area contributed by atoms with Crippen LogP contribution in [0.5, 0.6) is 0 Å². The molecule has 2 atom stereocenters. The summed E-state index contributed by atoms with van der Waals surface area (Å²) in [5.41, 5.74) is 6.08. The molecule has 0 bridgehead atoms. The summed E-state index contributed by atoms with van der Waals surface area (Å²) in [6.45, 7) is 8.38. The molecule has 5 rings (SSSR count). The van der Waals surface area contributed by atoms with Crippen LogP contribution < -0.4 is 0 Å². The van der Waals surface area contributed by atoms with Gasteiger partial charge in [0.05, 0.1) is 17.4 Å². The lowest BCUT2D eigenvalue weighted by molar-refractivity contribution is -0.433.